The number of hydrogen-bond donors (Lipinski definition) is 1. The van der Waals surface area contributed by atoms with Gasteiger partial charge in [0.1, 0.15) is 11.9 Å². The van der Waals surface area contributed by atoms with Crippen LogP contribution in [-0.2, 0) is 20.5 Å². The van der Waals surface area contributed by atoms with Crippen LogP contribution in [0.25, 0.3) is 0 Å². The maximum atomic E-state index is 14.3. The fraction of sp³-hybridized carbons (Fsp3) is 0.480. The van der Waals surface area contributed by atoms with Gasteiger partial charge in [-0.3, -0.25) is 9.62 Å². The van der Waals surface area contributed by atoms with Crippen LogP contribution in [0.15, 0.2) is 18.2 Å². The maximum Gasteiger partial charge on any atom is 0.414 e. The molecule has 1 amide bonds. The van der Waals surface area contributed by atoms with Crippen LogP contribution in [0.2, 0.25) is 0 Å². The first-order valence-corrected chi connectivity index (χ1v) is 13.6. The van der Waals surface area contributed by atoms with E-state index in [4.69, 9.17) is 4.74 Å². The molecule has 11 heteroatoms. The Labute approximate surface area is 207 Å². The summed E-state index contributed by atoms with van der Waals surface area (Å²) in [5.74, 6) is -8.00. The van der Waals surface area contributed by atoms with Crippen molar-refractivity contribution < 1.29 is 35.5 Å². The first-order valence-electron chi connectivity index (χ1n) is 12.0. The highest BCUT2D eigenvalue weighted by molar-refractivity contribution is 7.91. The lowest BCUT2D eigenvalue weighted by molar-refractivity contribution is 0.0463. The molecular weight excluding hydrogens is 500 g/mol. The summed E-state index contributed by atoms with van der Waals surface area (Å²) in [6, 6.07) is 4.58. The Bertz CT molecular complexity index is 1250. The molecule has 0 aromatic heterocycles. The van der Waals surface area contributed by atoms with Crippen LogP contribution in [-0.4, -0.2) is 21.1 Å². The Balaban J connectivity index is 1.67. The van der Waals surface area contributed by atoms with Crippen molar-refractivity contribution in [2.24, 2.45) is 5.92 Å². The van der Waals surface area contributed by atoms with Crippen molar-refractivity contribution in [2.45, 2.75) is 64.2 Å². The number of amides is 1. The molecule has 1 fully saturated rings. The number of rotatable bonds is 7. The van der Waals surface area contributed by atoms with E-state index in [1.807, 2.05) is 6.92 Å². The van der Waals surface area contributed by atoms with Crippen molar-refractivity contribution in [3.8, 4) is 0 Å². The first kappa shape index (κ1) is 26.2. The quantitative estimate of drug-likeness (QED) is 0.330. The van der Waals surface area contributed by atoms with Crippen LogP contribution >= 0.6 is 0 Å². The predicted octanol–water partition coefficient (Wildman–Crippen LogP) is 6.48. The fourth-order valence-electron chi connectivity index (χ4n) is 4.97. The molecule has 36 heavy (non-hydrogen) atoms. The molecule has 196 valence electrons. The molecule has 0 radical (unpaired) electrons. The van der Waals surface area contributed by atoms with E-state index in [1.165, 1.54) is 11.0 Å². The standard InChI is InChI=1S/C25H28F4N2O4S/c1-3-11-31-19-10-9-16(12-17(19)24(35-25(31)32)15-7-5-4-6-8-15)30-36(33,34)13-18-22(28)20(26)14(2)21(27)23(18)29/h9-10,12,15,24,30H,3-8,11,13H2,1-2H3. The van der Waals surface area contributed by atoms with Crippen LogP contribution in [0.1, 0.15) is 68.2 Å². The number of anilines is 2. The third-order valence-corrected chi connectivity index (χ3v) is 8.00. The van der Waals surface area contributed by atoms with Crippen molar-refractivity contribution in [1.29, 1.82) is 0 Å². The van der Waals surface area contributed by atoms with Crippen LogP contribution < -0.4 is 9.62 Å². The highest BCUT2D eigenvalue weighted by atomic mass is 32.2. The number of carbonyl (C=O) groups excluding carboxylic acids is 1. The summed E-state index contributed by atoms with van der Waals surface area (Å²) in [5, 5.41) is 0. The minimum atomic E-state index is -4.47. The molecule has 1 heterocycles. The van der Waals surface area contributed by atoms with Gasteiger partial charge in [0, 0.05) is 34.8 Å². The van der Waals surface area contributed by atoms with Gasteiger partial charge in [-0.25, -0.2) is 30.8 Å². The lowest BCUT2D eigenvalue weighted by Gasteiger charge is -2.38. The Hall–Kier alpha value is -2.82. The van der Waals surface area contributed by atoms with Gasteiger partial charge in [-0.2, -0.15) is 0 Å². The zero-order valence-electron chi connectivity index (χ0n) is 20.0. The summed E-state index contributed by atoms with van der Waals surface area (Å²) in [6.07, 6.45) is 4.49. The molecule has 2 aliphatic rings. The van der Waals surface area contributed by atoms with Gasteiger partial charge in [0.25, 0.3) is 0 Å². The average Bonchev–Trinajstić information content (AvgIpc) is 2.86. The fourth-order valence-corrected chi connectivity index (χ4v) is 6.16. The number of sulfonamides is 1. The van der Waals surface area contributed by atoms with Crippen molar-refractivity contribution in [2.75, 3.05) is 16.2 Å². The Kier molecular flexibility index (Phi) is 7.49. The summed E-state index contributed by atoms with van der Waals surface area (Å²) < 4.78 is 90.0. The second kappa shape index (κ2) is 10.3. The molecule has 1 unspecified atom stereocenters. The number of benzene rings is 2. The van der Waals surface area contributed by atoms with Crippen LogP contribution in [0.3, 0.4) is 0 Å². The highest BCUT2D eigenvalue weighted by Gasteiger charge is 2.38. The van der Waals surface area contributed by atoms with Gasteiger partial charge in [0.15, 0.2) is 23.3 Å². The van der Waals surface area contributed by atoms with Gasteiger partial charge in [-0.15, -0.1) is 0 Å². The number of halogens is 4. The number of carbonyl (C=O) groups is 1. The maximum absolute atomic E-state index is 14.3. The predicted molar refractivity (Wildman–Crippen MR) is 127 cm³/mol. The lowest BCUT2D eigenvalue weighted by Crippen LogP contribution is -2.40. The van der Waals surface area contributed by atoms with Crippen molar-refractivity contribution in [3.63, 3.8) is 0 Å². The lowest BCUT2D eigenvalue weighted by atomic mass is 9.81. The molecule has 1 atom stereocenters. The minimum Gasteiger partial charge on any atom is -0.441 e. The number of nitrogens with zero attached hydrogens (tertiary/aromatic N) is 1. The SMILES string of the molecule is CCCN1C(=O)OC(C2CCCCC2)c2cc(NS(=O)(=O)Cc3c(F)c(F)c(C)c(F)c3F)ccc21. The molecular formula is C25H28F4N2O4S. The van der Waals surface area contributed by atoms with E-state index in [1.54, 1.807) is 12.1 Å². The van der Waals surface area contributed by atoms with Crippen molar-refractivity contribution in [1.82, 2.24) is 0 Å². The largest absolute Gasteiger partial charge is 0.441 e. The van der Waals surface area contributed by atoms with Crippen LogP contribution in [0, 0.1) is 36.1 Å². The van der Waals surface area contributed by atoms with Crippen LogP contribution in [0.4, 0.5) is 33.7 Å². The van der Waals surface area contributed by atoms with Gasteiger partial charge in [-0.1, -0.05) is 26.2 Å². The average molecular weight is 529 g/mol. The molecule has 4 rings (SSSR count). The second-order valence-corrected chi connectivity index (χ2v) is 11.1. The molecule has 1 aliphatic carbocycles. The van der Waals surface area contributed by atoms with E-state index in [9.17, 15) is 30.8 Å². The van der Waals surface area contributed by atoms with E-state index < -0.39 is 62.4 Å². The molecule has 1 aliphatic heterocycles. The van der Waals surface area contributed by atoms with Crippen molar-refractivity contribution >= 4 is 27.5 Å². The number of ether oxygens (including phenoxy) is 1. The van der Waals surface area contributed by atoms with Gasteiger partial charge >= 0.3 is 6.09 Å². The highest BCUT2D eigenvalue weighted by Crippen LogP contribution is 2.45. The molecule has 1 N–H and O–H groups in total. The summed E-state index contributed by atoms with van der Waals surface area (Å²) >= 11 is 0. The third-order valence-electron chi connectivity index (χ3n) is 6.78. The smallest absolute Gasteiger partial charge is 0.414 e. The molecule has 0 spiro atoms. The minimum absolute atomic E-state index is 0.0813. The molecule has 1 saturated carbocycles. The number of hydrogen-bond acceptors (Lipinski definition) is 4. The summed E-state index contributed by atoms with van der Waals surface area (Å²) in [6.45, 7) is 3.19. The number of nitrogens with one attached hydrogen (secondary N) is 1. The summed E-state index contributed by atoms with van der Waals surface area (Å²) in [5.41, 5.74) is -0.748. The zero-order valence-corrected chi connectivity index (χ0v) is 20.9. The molecule has 0 saturated heterocycles. The zero-order chi connectivity index (χ0) is 26.2. The van der Waals surface area contributed by atoms with E-state index in [-0.39, 0.29) is 11.6 Å². The van der Waals surface area contributed by atoms with E-state index in [2.05, 4.69) is 4.72 Å². The molecule has 0 bridgehead atoms. The third kappa shape index (κ3) is 5.02. The topological polar surface area (TPSA) is 75.7 Å². The van der Waals surface area contributed by atoms with E-state index in [0.29, 0.717) is 24.2 Å². The van der Waals surface area contributed by atoms with Gasteiger partial charge in [-0.05, 0) is 44.4 Å². The molecule has 6 nitrogen and oxygen atoms in total. The Morgan fingerprint density at radius 2 is 1.67 bits per heavy atom. The van der Waals surface area contributed by atoms with Gasteiger partial charge < -0.3 is 4.74 Å². The van der Waals surface area contributed by atoms with E-state index in [0.717, 1.165) is 39.0 Å². The van der Waals surface area contributed by atoms with Gasteiger partial charge in [0.05, 0.1) is 5.69 Å². The second-order valence-electron chi connectivity index (χ2n) is 9.35. The van der Waals surface area contributed by atoms with Crippen LogP contribution in [0.5, 0.6) is 0 Å². The summed E-state index contributed by atoms with van der Waals surface area (Å²) in [7, 11) is -4.47. The van der Waals surface area contributed by atoms with E-state index >= 15 is 0 Å². The van der Waals surface area contributed by atoms with Crippen molar-refractivity contribution in [3.05, 3.63) is 58.2 Å². The molecule has 2 aromatic rings. The van der Waals surface area contributed by atoms with Gasteiger partial charge in [0.2, 0.25) is 10.0 Å². The Morgan fingerprint density at radius 1 is 1.03 bits per heavy atom. The summed E-state index contributed by atoms with van der Waals surface area (Å²) in [4.78, 5) is 14.2. The Morgan fingerprint density at radius 3 is 2.28 bits per heavy atom. The first-order chi connectivity index (χ1) is 17.0. The number of cyclic esters (lactones) is 1. The molecule has 2 aromatic carbocycles. The monoisotopic (exact) mass is 528 g/mol. The number of fused-ring (bicyclic) bond motifs is 1. The normalized spacial score (nSPS) is 18.7.